The molecule has 0 aliphatic heterocycles. The molecule has 18 heavy (non-hydrogen) atoms. The molecular formula is C15H33NO2. The van der Waals surface area contributed by atoms with Crippen molar-refractivity contribution in [2.75, 3.05) is 33.5 Å². The molecule has 0 saturated heterocycles. The summed E-state index contributed by atoms with van der Waals surface area (Å²) in [7, 11) is 1.73. The summed E-state index contributed by atoms with van der Waals surface area (Å²) in [6, 6.07) is 0.660. The first-order valence-electron chi connectivity index (χ1n) is 7.50. The second kappa shape index (κ2) is 13.3. The van der Waals surface area contributed by atoms with Crippen LogP contribution in [0.3, 0.4) is 0 Å². The average molecular weight is 259 g/mol. The number of hydrogen-bond donors (Lipinski definition) is 1. The zero-order chi connectivity index (χ0) is 13.6. The summed E-state index contributed by atoms with van der Waals surface area (Å²) in [5.41, 5.74) is 0. The van der Waals surface area contributed by atoms with E-state index in [1.807, 2.05) is 0 Å². The van der Waals surface area contributed by atoms with Gasteiger partial charge in [-0.05, 0) is 44.6 Å². The maximum absolute atomic E-state index is 5.59. The fourth-order valence-corrected chi connectivity index (χ4v) is 2.06. The molecule has 0 rings (SSSR count). The molecule has 1 atom stereocenters. The van der Waals surface area contributed by atoms with Crippen LogP contribution in [-0.2, 0) is 9.47 Å². The second-order valence-electron chi connectivity index (χ2n) is 5.38. The highest BCUT2D eigenvalue weighted by molar-refractivity contribution is 4.68. The van der Waals surface area contributed by atoms with Crippen molar-refractivity contribution in [2.24, 2.45) is 5.92 Å². The first-order chi connectivity index (χ1) is 8.70. The molecule has 0 aliphatic rings. The van der Waals surface area contributed by atoms with Gasteiger partial charge in [0.1, 0.15) is 0 Å². The topological polar surface area (TPSA) is 30.5 Å². The van der Waals surface area contributed by atoms with E-state index in [1.165, 1.54) is 19.3 Å². The smallest absolute Gasteiger partial charge is 0.0487 e. The van der Waals surface area contributed by atoms with Crippen molar-refractivity contribution in [1.82, 2.24) is 5.32 Å². The Kier molecular flexibility index (Phi) is 13.2. The lowest BCUT2D eigenvalue weighted by Crippen LogP contribution is -2.31. The number of ether oxygens (including phenoxy) is 2. The molecule has 0 saturated carbocycles. The van der Waals surface area contributed by atoms with Crippen LogP contribution < -0.4 is 5.32 Å². The highest BCUT2D eigenvalue weighted by Crippen LogP contribution is 2.10. The summed E-state index contributed by atoms with van der Waals surface area (Å²) >= 11 is 0. The monoisotopic (exact) mass is 259 g/mol. The van der Waals surface area contributed by atoms with Crippen LogP contribution in [0.5, 0.6) is 0 Å². The summed E-state index contributed by atoms with van der Waals surface area (Å²) in [6.07, 6.45) is 5.86. The van der Waals surface area contributed by atoms with E-state index in [-0.39, 0.29) is 0 Å². The van der Waals surface area contributed by atoms with Gasteiger partial charge < -0.3 is 14.8 Å². The normalized spacial score (nSPS) is 13.2. The Morgan fingerprint density at radius 3 is 2.39 bits per heavy atom. The van der Waals surface area contributed by atoms with E-state index < -0.39 is 0 Å². The molecule has 0 spiro atoms. The molecule has 0 radical (unpaired) electrons. The highest BCUT2D eigenvalue weighted by atomic mass is 16.5. The summed E-state index contributed by atoms with van der Waals surface area (Å²) in [5.74, 6) is 0.766. The maximum Gasteiger partial charge on any atom is 0.0487 e. The Morgan fingerprint density at radius 1 is 1.06 bits per heavy atom. The van der Waals surface area contributed by atoms with Gasteiger partial charge in [0.2, 0.25) is 0 Å². The van der Waals surface area contributed by atoms with E-state index >= 15 is 0 Å². The Hall–Kier alpha value is -0.120. The number of nitrogens with one attached hydrogen (secondary N) is 1. The molecule has 0 aromatic carbocycles. The SMILES string of the molecule is CCCNC(CCCOCCCOC)CC(C)C. The molecule has 1 N–H and O–H groups in total. The molecule has 110 valence electrons. The van der Waals surface area contributed by atoms with E-state index in [9.17, 15) is 0 Å². The van der Waals surface area contributed by atoms with Crippen molar-refractivity contribution in [1.29, 1.82) is 0 Å². The van der Waals surface area contributed by atoms with Crippen molar-refractivity contribution >= 4 is 0 Å². The van der Waals surface area contributed by atoms with Crippen molar-refractivity contribution in [3.63, 3.8) is 0 Å². The summed E-state index contributed by atoms with van der Waals surface area (Å²) in [4.78, 5) is 0. The van der Waals surface area contributed by atoms with E-state index in [0.29, 0.717) is 6.04 Å². The Bertz CT molecular complexity index is 163. The van der Waals surface area contributed by atoms with Gasteiger partial charge in [0.25, 0.3) is 0 Å². The second-order valence-corrected chi connectivity index (χ2v) is 5.38. The predicted octanol–water partition coefficient (Wildman–Crippen LogP) is 3.23. The zero-order valence-corrected chi connectivity index (χ0v) is 12.8. The molecule has 0 aromatic rings. The van der Waals surface area contributed by atoms with E-state index in [1.54, 1.807) is 7.11 Å². The van der Waals surface area contributed by atoms with Crippen LogP contribution in [-0.4, -0.2) is 39.5 Å². The van der Waals surface area contributed by atoms with Crippen LogP contribution in [0.1, 0.15) is 52.9 Å². The molecule has 0 bridgehead atoms. The van der Waals surface area contributed by atoms with E-state index in [0.717, 1.165) is 45.1 Å². The van der Waals surface area contributed by atoms with Crippen molar-refractivity contribution < 1.29 is 9.47 Å². The first kappa shape index (κ1) is 17.9. The highest BCUT2D eigenvalue weighted by Gasteiger charge is 2.09. The number of methoxy groups -OCH3 is 1. The largest absolute Gasteiger partial charge is 0.385 e. The molecule has 1 unspecified atom stereocenters. The third kappa shape index (κ3) is 12.3. The fourth-order valence-electron chi connectivity index (χ4n) is 2.06. The molecule has 0 amide bonds. The van der Waals surface area contributed by atoms with Gasteiger partial charge in [-0.25, -0.2) is 0 Å². The van der Waals surface area contributed by atoms with Crippen LogP contribution in [0.4, 0.5) is 0 Å². The van der Waals surface area contributed by atoms with Crippen molar-refractivity contribution in [2.45, 2.75) is 58.9 Å². The Labute approximate surface area is 114 Å². The van der Waals surface area contributed by atoms with Crippen LogP contribution in [0.25, 0.3) is 0 Å². The standard InChI is InChI=1S/C15H33NO2/c1-5-9-16-15(13-14(2)3)8-6-11-18-12-7-10-17-4/h14-16H,5-13H2,1-4H3. The summed E-state index contributed by atoms with van der Waals surface area (Å²) < 4.78 is 10.6. The first-order valence-corrected chi connectivity index (χ1v) is 7.50. The quantitative estimate of drug-likeness (QED) is 0.515. The molecule has 0 aliphatic carbocycles. The molecule has 0 heterocycles. The Morgan fingerprint density at radius 2 is 1.78 bits per heavy atom. The molecular weight excluding hydrogens is 226 g/mol. The minimum Gasteiger partial charge on any atom is -0.385 e. The van der Waals surface area contributed by atoms with Crippen LogP contribution in [0.15, 0.2) is 0 Å². The zero-order valence-electron chi connectivity index (χ0n) is 12.8. The van der Waals surface area contributed by atoms with Crippen LogP contribution >= 0.6 is 0 Å². The van der Waals surface area contributed by atoms with Gasteiger partial charge in [-0.1, -0.05) is 20.8 Å². The van der Waals surface area contributed by atoms with Crippen molar-refractivity contribution in [3.8, 4) is 0 Å². The fraction of sp³-hybridized carbons (Fsp3) is 1.00. The van der Waals surface area contributed by atoms with Gasteiger partial charge in [-0.3, -0.25) is 0 Å². The maximum atomic E-state index is 5.59. The van der Waals surface area contributed by atoms with Gasteiger partial charge in [0.15, 0.2) is 0 Å². The third-order valence-corrected chi connectivity index (χ3v) is 2.92. The average Bonchev–Trinajstić information content (AvgIpc) is 2.34. The van der Waals surface area contributed by atoms with Gasteiger partial charge in [0.05, 0.1) is 0 Å². The molecule has 0 fully saturated rings. The molecule has 3 heteroatoms. The molecule has 3 nitrogen and oxygen atoms in total. The lowest BCUT2D eigenvalue weighted by atomic mass is 10.00. The van der Waals surface area contributed by atoms with Gasteiger partial charge in [-0.2, -0.15) is 0 Å². The molecule has 0 aromatic heterocycles. The van der Waals surface area contributed by atoms with E-state index in [4.69, 9.17) is 9.47 Å². The summed E-state index contributed by atoms with van der Waals surface area (Å²) in [6.45, 7) is 10.4. The van der Waals surface area contributed by atoms with Gasteiger partial charge in [-0.15, -0.1) is 0 Å². The lowest BCUT2D eigenvalue weighted by Gasteiger charge is -2.20. The van der Waals surface area contributed by atoms with Crippen LogP contribution in [0, 0.1) is 5.92 Å². The van der Waals surface area contributed by atoms with Gasteiger partial charge >= 0.3 is 0 Å². The van der Waals surface area contributed by atoms with Gasteiger partial charge in [0, 0.05) is 33.0 Å². The third-order valence-electron chi connectivity index (χ3n) is 2.92. The number of rotatable bonds is 13. The Balaban J connectivity index is 3.49. The minimum absolute atomic E-state index is 0.660. The van der Waals surface area contributed by atoms with Crippen molar-refractivity contribution in [3.05, 3.63) is 0 Å². The van der Waals surface area contributed by atoms with Crippen LogP contribution in [0.2, 0.25) is 0 Å². The minimum atomic E-state index is 0.660. The number of hydrogen-bond acceptors (Lipinski definition) is 3. The lowest BCUT2D eigenvalue weighted by molar-refractivity contribution is 0.0986. The summed E-state index contributed by atoms with van der Waals surface area (Å²) in [5, 5.41) is 3.64. The van der Waals surface area contributed by atoms with E-state index in [2.05, 4.69) is 26.1 Å². The predicted molar refractivity (Wildman–Crippen MR) is 78.1 cm³/mol.